The average molecular weight is 368 g/mol. The Bertz CT molecular complexity index is 648. The fourth-order valence-electron chi connectivity index (χ4n) is 2.23. The molecule has 1 amide bonds. The number of ether oxygens (including phenoxy) is 3. The Morgan fingerprint density at radius 3 is 2.35 bits per heavy atom. The molecule has 0 aliphatic heterocycles. The number of carbonyl (C=O) groups is 3. The Kier molecular flexibility index (Phi) is 8.36. The van der Waals surface area contributed by atoms with Crippen molar-refractivity contribution in [2.45, 2.75) is 31.3 Å². The number of nitrogens with one attached hydrogen (secondary N) is 1. The van der Waals surface area contributed by atoms with Crippen LogP contribution in [0, 0.1) is 0 Å². The summed E-state index contributed by atoms with van der Waals surface area (Å²) in [6.07, 6.45) is 0.0604. The van der Waals surface area contributed by atoms with Crippen LogP contribution >= 0.6 is 0 Å². The Morgan fingerprint density at radius 1 is 1.15 bits per heavy atom. The van der Waals surface area contributed by atoms with E-state index in [1.165, 1.54) is 21.3 Å². The molecule has 1 aromatic carbocycles. The molecule has 0 aromatic heterocycles. The number of carboxylic acids is 1. The van der Waals surface area contributed by atoms with Gasteiger partial charge in [0.15, 0.2) is 11.5 Å². The minimum atomic E-state index is -1.20. The second-order valence-electron chi connectivity index (χ2n) is 5.51. The van der Waals surface area contributed by atoms with Crippen molar-refractivity contribution < 1.29 is 33.7 Å². The van der Waals surface area contributed by atoms with Gasteiger partial charge in [-0.05, 0) is 24.1 Å². The average Bonchev–Trinajstić information content (AvgIpc) is 2.64. The first-order valence-corrected chi connectivity index (χ1v) is 7.88. The standard InChI is InChI=1S/C17H24N2O7/c1-24-13-6-4-10(9-14(13)25-2)8-12(17(22)23)19-16(21)11(18)5-7-15(20)26-3/h4,6,9,11-12H,5,7-8,18H2,1-3H3,(H,19,21)(H,22,23). The molecule has 9 nitrogen and oxygen atoms in total. The van der Waals surface area contributed by atoms with Gasteiger partial charge in [0.2, 0.25) is 5.91 Å². The van der Waals surface area contributed by atoms with Crippen molar-refractivity contribution in [3.8, 4) is 11.5 Å². The molecule has 0 aliphatic carbocycles. The van der Waals surface area contributed by atoms with Crippen LogP contribution in [0.4, 0.5) is 0 Å². The molecule has 9 heteroatoms. The lowest BCUT2D eigenvalue weighted by Crippen LogP contribution is -2.49. The minimum Gasteiger partial charge on any atom is -0.493 e. The fourth-order valence-corrected chi connectivity index (χ4v) is 2.23. The van der Waals surface area contributed by atoms with Gasteiger partial charge in [-0.15, -0.1) is 0 Å². The number of carboxylic acid groups (broad SMARTS) is 1. The summed E-state index contributed by atoms with van der Waals surface area (Å²) in [7, 11) is 4.20. The van der Waals surface area contributed by atoms with Gasteiger partial charge >= 0.3 is 11.9 Å². The van der Waals surface area contributed by atoms with Gasteiger partial charge in [-0.1, -0.05) is 6.07 Å². The minimum absolute atomic E-state index is 0.0293. The van der Waals surface area contributed by atoms with Crippen LogP contribution in [0.2, 0.25) is 0 Å². The smallest absolute Gasteiger partial charge is 0.326 e. The van der Waals surface area contributed by atoms with Crippen molar-refractivity contribution >= 4 is 17.8 Å². The molecule has 0 spiro atoms. The molecule has 0 aliphatic rings. The van der Waals surface area contributed by atoms with Gasteiger partial charge in [0.05, 0.1) is 27.4 Å². The van der Waals surface area contributed by atoms with Crippen LogP contribution in [-0.4, -0.2) is 56.4 Å². The number of methoxy groups -OCH3 is 3. The van der Waals surface area contributed by atoms with Crippen LogP contribution < -0.4 is 20.5 Å². The molecule has 4 N–H and O–H groups in total. The van der Waals surface area contributed by atoms with E-state index in [1.54, 1.807) is 18.2 Å². The molecule has 0 fully saturated rings. The highest BCUT2D eigenvalue weighted by Gasteiger charge is 2.24. The Balaban J connectivity index is 2.76. The quantitative estimate of drug-likeness (QED) is 0.494. The lowest BCUT2D eigenvalue weighted by Gasteiger charge is -2.18. The van der Waals surface area contributed by atoms with E-state index in [-0.39, 0.29) is 19.3 Å². The van der Waals surface area contributed by atoms with Crippen LogP contribution in [0.3, 0.4) is 0 Å². The molecule has 0 heterocycles. The van der Waals surface area contributed by atoms with Crippen molar-refractivity contribution in [1.29, 1.82) is 0 Å². The molecule has 0 saturated carbocycles. The summed E-state index contributed by atoms with van der Waals surface area (Å²) in [4.78, 5) is 34.6. The maximum absolute atomic E-state index is 12.1. The van der Waals surface area contributed by atoms with Crippen molar-refractivity contribution in [3.05, 3.63) is 23.8 Å². The van der Waals surface area contributed by atoms with E-state index in [2.05, 4.69) is 10.1 Å². The first-order valence-electron chi connectivity index (χ1n) is 7.88. The van der Waals surface area contributed by atoms with Crippen LogP contribution in [-0.2, 0) is 25.5 Å². The van der Waals surface area contributed by atoms with Gasteiger partial charge in [-0.25, -0.2) is 4.79 Å². The highest BCUT2D eigenvalue weighted by molar-refractivity contribution is 5.87. The largest absolute Gasteiger partial charge is 0.493 e. The van der Waals surface area contributed by atoms with Crippen LogP contribution in [0.5, 0.6) is 11.5 Å². The SMILES string of the molecule is COC(=O)CCC(N)C(=O)NC(Cc1ccc(OC)c(OC)c1)C(=O)O. The number of nitrogens with two attached hydrogens (primary N) is 1. The third-order valence-corrected chi connectivity index (χ3v) is 3.73. The molecule has 0 radical (unpaired) electrons. The Morgan fingerprint density at radius 2 is 1.81 bits per heavy atom. The monoisotopic (exact) mass is 368 g/mol. The zero-order valence-corrected chi connectivity index (χ0v) is 15.0. The van der Waals surface area contributed by atoms with Crippen molar-refractivity contribution in [2.75, 3.05) is 21.3 Å². The Labute approximate surface area is 151 Å². The summed E-state index contributed by atoms with van der Waals surface area (Å²) in [5.41, 5.74) is 6.33. The third kappa shape index (κ3) is 6.25. The van der Waals surface area contributed by atoms with Crippen LogP contribution in [0.15, 0.2) is 18.2 Å². The number of hydrogen-bond acceptors (Lipinski definition) is 7. The molecule has 144 valence electrons. The molecular formula is C17H24N2O7. The molecular weight excluding hydrogens is 344 g/mol. The normalized spacial score (nSPS) is 12.6. The van der Waals surface area contributed by atoms with E-state index in [9.17, 15) is 19.5 Å². The molecule has 26 heavy (non-hydrogen) atoms. The summed E-state index contributed by atoms with van der Waals surface area (Å²) in [6.45, 7) is 0. The summed E-state index contributed by atoms with van der Waals surface area (Å²) < 4.78 is 14.8. The van der Waals surface area contributed by atoms with E-state index in [0.29, 0.717) is 17.1 Å². The third-order valence-electron chi connectivity index (χ3n) is 3.73. The van der Waals surface area contributed by atoms with Crippen LogP contribution in [0.1, 0.15) is 18.4 Å². The van der Waals surface area contributed by atoms with Gasteiger partial charge in [-0.3, -0.25) is 9.59 Å². The van der Waals surface area contributed by atoms with Crippen molar-refractivity contribution in [3.63, 3.8) is 0 Å². The number of carbonyl (C=O) groups excluding carboxylic acids is 2. The van der Waals surface area contributed by atoms with E-state index in [4.69, 9.17) is 15.2 Å². The fraction of sp³-hybridized carbons (Fsp3) is 0.471. The summed E-state index contributed by atoms with van der Waals surface area (Å²) in [5.74, 6) is -1.38. The zero-order chi connectivity index (χ0) is 19.7. The summed E-state index contributed by atoms with van der Waals surface area (Å²) in [5, 5.41) is 11.7. The molecule has 0 saturated heterocycles. The lowest BCUT2D eigenvalue weighted by molar-refractivity contribution is -0.143. The van der Waals surface area contributed by atoms with Crippen molar-refractivity contribution in [1.82, 2.24) is 5.32 Å². The van der Waals surface area contributed by atoms with Gasteiger partial charge in [0.25, 0.3) is 0 Å². The van der Waals surface area contributed by atoms with Gasteiger partial charge in [0, 0.05) is 12.8 Å². The highest BCUT2D eigenvalue weighted by atomic mass is 16.5. The lowest BCUT2D eigenvalue weighted by atomic mass is 10.0. The topological polar surface area (TPSA) is 137 Å². The summed E-state index contributed by atoms with van der Waals surface area (Å²) in [6, 6.07) is 2.78. The first kappa shape index (κ1) is 21.2. The molecule has 0 bridgehead atoms. The number of rotatable bonds is 10. The van der Waals surface area contributed by atoms with E-state index in [1.807, 2.05) is 0 Å². The van der Waals surface area contributed by atoms with Gasteiger partial charge < -0.3 is 30.4 Å². The first-order chi connectivity index (χ1) is 12.3. The second-order valence-corrected chi connectivity index (χ2v) is 5.51. The number of hydrogen-bond donors (Lipinski definition) is 3. The predicted molar refractivity (Wildman–Crippen MR) is 92.0 cm³/mol. The summed E-state index contributed by atoms with van der Waals surface area (Å²) >= 11 is 0. The second kappa shape index (κ2) is 10.2. The molecule has 2 unspecified atom stereocenters. The number of amides is 1. The highest BCUT2D eigenvalue weighted by Crippen LogP contribution is 2.28. The Hall–Kier alpha value is -2.81. The number of benzene rings is 1. The molecule has 1 rings (SSSR count). The van der Waals surface area contributed by atoms with Crippen molar-refractivity contribution in [2.24, 2.45) is 5.73 Å². The maximum atomic E-state index is 12.1. The van der Waals surface area contributed by atoms with E-state index < -0.39 is 29.9 Å². The van der Waals surface area contributed by atoms with Crippen LogP contribution in [0.25, 0.3) is 0 Å². The maximum Gasteiger partial charge on any atom is 0.326 e. The van der Waals surface area contributed by atoms with E-state index >= 15 is 0 Å². The zero-order valence-electron chi connectivity index (χ0n) is 15.0. The number of aliphatic carboxylic acids is 1. The van der Waals surface area contributed by atoms with Gasteiger partial charge in [-0.2, -0.15) is 0 Å². The predicted octanol–water partition coefficient (Wildman–Crippen LogP) is 0.0962. The molecule has 2 atom stereocenters. The molecule has 1 aromatic rings. The van der Waals surface area contributed by atoms with Gasteiger partial charge in [0.1, 0.15) is 6.04 Å². The number of esters is 1. The van der Waals surface area contributed by atoms with E-state index in [0.717, 1.165) is 0 Å².